The molecular weight excluding hydrogens is 492 g/mol. The number of rotatable bonds is 7. The molecule has 2 aromatic heterocycles. The second kappa shape index (κ2) is 8.64. The van der Waals surface area contributed by atoms with Crippen molar-refractivity contribution < 1.29 is 13.2 Å². The lowest BCUT2D eigenvalue weighted by Gasteiger charge is -2.45. The van der Waals surface area contributed by atoms with Crippen molar-refractivity contribution in [1.82, 2.24) is 30.0 Å². The Bertz CT molecular complexity index is 1540. The molecule has 0 amide bonds. The van der Waals surface area contributed by atoms with E-state index < -0.39 is 14.7 Å². The van der Waals surface area contributed by atoms with Crippen molar-refractivity contribution in [3.8, 4) is 17.1 Å². The average Bonchev–Trinajstić information content (AvgIpc) is 3.49. The number of H-pyrrole nitrogens is 1. The van der Waals surface area contributed by atoms with Gasteiger partial charge in [0.2, 0.25) is 0 Å². The van der Waals surface area contributed by atoms with Crippen LogP contribution in [0, 0.1) is 0 Å². The number of ether oxygens (including phenoxy) is 1. The molecule has 0 saturated carbocycles. The van der Waals surface area contributed by atoms with Crippen LogP contribution >= 0.6 is 0 Å². The van der Waals surface area contributed by atoms with Crippen molar-refractivity contribution in [2.45, 2.75) is 80.3 Å². The van der Waals surface area contributed by atoms with Crippen LogP contribution in [0.15, 0.2) is 27.9 Å². The minimum Gasteiger partial charge on any atom is -0.493 e. The number of aromatic nitrogens is 4. The first-order chi connectivity index (χ1) is 17.7. The molecule has 3 aliphatic heterocycles. The lowest BCUT2D eigenvalue weighted by atomic mass is 10.0. The molecular formula is C26H34N6O4S. The first kappa shape index (κ1) is 24.6. The lowest BCUT2D eigenvalue weighted by Crippen LogP contribution is -2.67. The van der Waals surface area contributed by atoms with E-state index in [-0.39, 0.29) is 28.4 Å². The van der Waals surface area contributed by atoms with Crippen LogP contribution in [0.4, 0.5) is 0 Å². The van der Waals surface area contributed by atoms with Crippen LogP contribution in [0.3, 0.4) is 0 Å². The minimum absolute atomic E-state index is 0.0717. The summed E-state index contributed by atoms with van der Waals surface area (Å²) in [5.74, 6) is 0.751. The van der Waals surface area contributed by atoms with Gasteiger partial charge in [0.1, 0.15) is 22.0 Å². The van der Waals surface area contributed by atoms with E-state index in [1.807, 2.05) is 13.8 Å². The first-order valence-corrected chi connectivity index (χ1v) is 14.7. The highest BCUT2D eigenvalue weighted by atomic mass is 32.2. The summed E-state index contributed by atoms with van der Waals surface area (Å²) in [6.45, 7) is 4.30. The van der Waals surface area contributed by atoms with Crippen LogP contribution in [-0.2, 0) is 23.3 Å². The normalized spacial score (nSPS) is 27.3. The fourth-order valence-electron chi connectivity index (χ4n) is 6.92. The number of benzene rings is 1. The number of likely N-dealkylation sites (N-methyl/N-ethyl adjacent to an activating group) is 1. The van der Waals surface area contributed by atoms with Gasteiger partial charge >= 0.3 is 0 Å². The Morgan fingerprint density at radius 1 is 1.19 bits per heavy atom. The number of aromatic amines is 1. The van der Waals surface area contributed by atoms with Crippen molar-refractivity contribution in [1.29, 1.82) is 0 Å². The number of hydrogen-bond donors (Lipinski definition) is 2. The molecule has 3 fully saturated rings. The Balaban J connectivity index is 1.51. The Morgan fingerprint density at radius 3 is 2.76 bits per heavy atom. The molecule has 1 aromatic carbocycles. The highest BCUT2D eigenvalue weighted by molar-refractivity contribution is 7.92. The van der Waals surface area contributed by atoms with Crippen LogP contribution in [-0.4, -0.2) is 69.7 Å². The number of sulfone groups is 1. The third-order valence-electron chi connectivity index (χ3n) is 8.56. The van der Waals surface area contributed by atoms with Crippen LogP contribution in [0.5, 0.6) is 5.75 Å². The maximum atomic E-state index is 14.3. The standard InChI is InChI=1S/C26H34N6O4S/c1-5-7-18-22-23(32(4)30-18)25(33)28-24(27-22)16-14-15(8-10-20(16)36-6-2)37(34,35)26-13-12-17(29-26)19-9-11-21(26)31(19)3/h8,10,14,17,19,21,29H,5-7,9,11-13H2,1-4H3,(H,27,28,33). The molecule has 0 radical (unpaired) electrons. The summed E-state index contributed by atoms with van der Waals surface area (Å²) in [5, 5.41) is 8.05. The molecule has 0 aliphatic carbocycles. The fraction of sp³-hybridized carbons (Fsp3) is 0.577. The Morgan fingerprint density at radius 2 is 2.00 bits per heavy atom. The van der Waals surface area contributed by atoms with Crippen molar-refractivity contribution in [3.63, 3.8) is 0 Å². The minimum atomic E-state index is -3.77. The topological polar surface area (TPSA) is 122 Å². The highest BCUT2D eigenvalue weighted by Gasteiger charge is 2.64. The summed E-state index contributed by atoms with van der Waals surface area (Å²) >= 11 is 0. The number of fused-ring (bicyclic) bond motifs is 7. The van der Waals surface area contributed by atoms with Gasteiger partial charge in [-0.25, -0.2) is 13.4 Å². The molecule has 3 aliphatic rings. The molecule has 198 valence electrons. The predicted molar refractivity (Wildman–Crippen MR) is 140 cm³/mol. The van der Waals surface area contributed by atoms with E-state index in [9.17, 15) is 13.2 Å². The molecule has 2 N–H and O–H groups in total. The number of aryl methyl sites for hydroxylation is 2. The molecule has 4 bridgehead atoms. The third kappa shape index (κ3) is 3.43. The fourth-order valence-corrected chi connectivity index (χ4v) is 9.19. The van der Waals surface area contributed by atoms with E-state index in [4.69, 9.17) is 9.72 Å². The van der Waals surface area contributed by atoms with E-state index in [0.717, 1.165) is 31.4 Å². The van der Waals surface area contributed by atoms with E-state index in [1.165, 1.54) is 0 Å². The molecule has 0 spiro atoms. The van der Waals surface area contributed by atoms with Gasteiger partial charge in [-0.2, -0.15) is 5.10 Å². The van der Waals surface area contributed by atoms with Crippen LogP contribution in [0.25, 0.3) is 22.4 Å². The largest absolute Gasteiger partial charge is 0.493 e. The van der Waals surface area contributed by atoms with Gasteiger partial charge in [-0.1, -0.05) is 13.3 Å². The smallest absolute Gasteiger partial charge is 0.277 e. The summed E-state index contributed by atoms with van der Waals surface area (Å²) in [6.07, 6.45) is 4.86. The Kier molecular flexibility index (Phi) is 5.74. The zero-order valence-electron chi connectivity index (χ0n) is 21.7. The predicted octanol–water partition coefficient (Wildman–Crippen LogP) is 2.37. The molecule has 5 heterocycles. The van der Waals surface area contributed by atoms with E-state index >= 15 is 0 Å². The monoisotopic (exact) mass is 526 g/mol. The average molecular weight is 527 g/mol. The van der Waals surface area contributed by atoms with Gasteiger partial charge < -0.3 is 9.72 Å². The maximum Gasteiger partial charge on any atom is 0.277 e. The van der Waals surface area contributed by atoms with Gasteiger partial charge in [0.05, 0.1) is 22.8 Å². The number of nitrogens with one attached hydrogen (secondary N) is 2. The quantitative estimate of drug-likeness (QED) is 0.481. The summed E-state index contributed by atoms with van der Waals surface area (Å²) in [4.78, 5) is 22.2. The second-order valence-electron chi connectivity index (χ2n) is 10.5. The number of nitrogens with zero attached hydrogens (tertiary/aromatic N) is 4. The summed E-state index contributed by atoms with van der Waals surface area (Å²) in [5.41, 5.74) is 1.80. The van der Waals surface area contributed by atoms with Gasteiger partial charge in [-0.3, -0.25) is 19.7 Å². The summed E-state index contributed by atoms with van der Waals surface area (Å²) in [7, 11) is 0.0139. The van der Waals surface area contributed by atoms with Crippen LogP contribution < -0.4 is 15.6 Å². The van der Waals surface area contributed by atoms with Gasteiger partial charge in [0, 0.05) is 25.2 Å². The van der Waals surface area contributed by atoms with Crippen molar-refractivity contribution >= 4 is 20.9 Å². The van der Waals surface area contributed by atoms with Gasteiger partial charge in [-0.05, 0) is 64.3 Å². The number of piperazine rings is 1. The molecule has 11 heteroatoms. The Labute approximate surface area is 216 Å². The van der Waals surface area contributed by atoms with Crippen molar-refractivity contribution in [3.05, 3.63) is 34.2 Å². The first-order valence-electron chi connectivity index (χ1n) is 13.2. The molecule has 10 nitrogen and oxygen atoms in total. The molecule has 3 saturated heterocycles. The van der Waals surface area contributed by atoms with Crippen molar-refractivity contribution in [2.24, 2.45) is 7.05 Å². The molecule has 6 rings (SSSR count). The molecule has 37 heavy (non-hydrogen) atoms. The van der Waals surface area contributed by atoms with Gasteiger partial charge in [0.15, 0.2) is 15.4 Å². The molecule has 4 unspecified atom stereocenters. The molecule has 4 atom stereocenters. The highest BCUT2D eigenvalue weighted by Crippen LogP contribution is 2.50. The van der Waals surface area contributed by atoms with Gasteiger partial charge in [0.25, 0.3) is 5.56 Å². The van der Waals surface area contributed by atoms with E-state index in [2.05, 4.69) is 27.3 Å². The second-order valence-corrected chi connectivity index (χ2v) is 12.7. The SMILES string of the molecule is CCCc1nn(C)c2c(=O)[nH]c(-c3cc(S(=O)(=O)C45CCC(N4)C4CCC5N4C)ccc3OCC)nc12. The third-order valence-corrected chi connectivity index (χ3v) is 11.0. The van der Waals surface area contributed by atoms with E-state index in [0.29, 0.717) is 47.8 Å². The summed E-state index contributed by atoms with van der Waals surface area (Å²) in [6, 6.07) is 5.42. The van der Waals surface area contributed by atoms with Crippen LogP contribution in [0.2, 0.25) is 0 Å². The Hall–Kier alpha value is -2.76. The van der Waals surface area contributed by atoms with E-state index in [1.54, 1.807) is 29.9 Å². The zero-order chi connectivity index (χ0) is 26.1. The van der Waals surface area contributed by atoms with Crippen molar-refractivity contribution in [2.75, 3.05) is 13.7 Å². The van der Waals surface area contributed by atoms with Gasteiger partial charge in [-0.15, -0.1) is 0 Å². The zero-order valence-corrected chi connectivity index (χ0v) is 22.6. The summed E-state index contributed by atoms with van der Waals surface area (Å²) < 4.78 is 36.1. The molecule has 3 aromatic rings. The van der Waals surface area contributed by atoms with Crippen LogP contribution in [0.1, 0.15) is 51.6 Å². The lowest BCUT2D eigenvalue weighted by molar-refractivity contribution is 0.126. The maximum absolute atomic E-state index is 14.3. The number of hydrogen-bond acceptors (Lipinski definition) is 8.